The van der Waals surface area contributed by atoms with Crippen LogP contribution in [-0.2, 0) is 5.41 Å². The van der Waals surface area contributed by atoms with E-state index in [0.717, 1.165) is 27.1 Å². The number of rotatable bonds is 1. The van der Waals surface area contributed by atoms with Crippen LogP contribution in [0.2, 0.25) is 0 Å². The Balaban J connectivity index is 1.60. The van der Waals surface area contributed by atoms with Crippen LogP contribution in [0.5, 0.6) is 0 Å². The van der Waals surface area contributed by atoms with Crippen LogP contribution in [0.3, 0.4) is 0 Å². The average Bonchev–Trinajstić information content (AvgIpc) is 2.61. The molecular formula is C19H24I+. The molecule has 0 aromatic heterocycles. The van der Waals surface area contributed by atoms with E-state index in [1.807, 2.05) is 0 Å². The van der Waals surface area contributed by atoms with Gasteiger partial charge in [0.15, 0.2) is 3.92 Å². The summed E-state index contributed by atoms with van der Waals surface area (Å²) in [6.07, 6.45) is 9.20. The highest BCUT2D eigenvalue weighted by Gasteiger charge is 2.71. The van der Waals surface area contributed by atoms with Gasteiger partial charge in [-0.1, -0.05) is 29.8 Å². The number of alkyl halides is 1. The first-order valence-electron chi connectivity index (χ1n) is 8.34. The molecule has 5 rings (SSSR count). The maximum absolute atomic E-state index is 2.47. The highest BCUT2D eigenvalue weighted by atomic mass is 127. The summed E-state index contributed by atoms with van der Waals surface area (Å²) < 4.78 is 1.02. The molecule has 0 aliphatic heterocycles. The summed E-state index contributed by atoms with van der Waals surface area (Å²) >= 11 is 2.47. The summed E-state index contributed by atoms with van der Waals surface area (Å²) in [5.74, 6) is 3.19. The number of halogens is 1. The minimum atomic E-state index is 0.567. The fraction of sp³-hybridized carbons (Fsp3) is 0.684. The lowest BCUT2D eigenvalue weighted by molar-refractivity contribution is -0.463. The van der Waals surface area contributed by atoms with E-state index in [-0.39, 0.29) is 0 Å². The van der Waals surface area contributed by atoms with Crippen LogP contribution >= 0.6 is 0 Å². The first kappa shape index (κ1) is 12.5. The van der Waals surface area contributed by atoms with E-state index >= 15 is 0 Å². The Kier molecular flexibility index (Phi) is 2.39. The summed E-state index contributed by atoms with van der Waals surface area (Å²) in [6.45, 7) is 2.21. The van der Waals surface area contributed by atoms with Crippen molar-refractivity contribution in [1.29, 1.82) is 0 Å². The zero-order valence-electron chi connectivity index (χ0n) is 12.3. The third kappa shape index (κ3) is 1.39. The Morgan fingerprint density at radius 1 is 1.05 bits per heavy atom. The number of benzene rings is 1. The van der Waals surface area contributed by atoms with Crippen LogP contribution in [0, 0.1) is 30.1 Å². The van der Waals surface area contributed by atoms with Crippen LogP contribution in [-0.4, -0.2) is 3.92 Å². The van der Waals surface area contributed by atoms with Gasteiger partial charge in [0.05, 0.1) is 0 Å². The van der Waals surface area contributed by atoms with Gasteiger partial charge in [-0.25, -0.2) is 0 Å². The third-order valence-corrected chi connectivity index (χ3v) is 8.91. The Hall–Kier alpha value is -0.0500. The van der Waals surface area contributed by atoms with E-state index in [0.29, 0.717) is 5.41 Å². The van der Waals surface area contributed by atoms with E-state index in [2.05, 4.69) is 53.8 Å². The maximum atomic E-state index is 2.47. The molecule has 0 heterocycles. The van der Waals surface area contributed by atoms with E-state index < -0.39 is 0 Å². The van der Waals surface area contributed by atoms with Crippen LogP contribution in [0.15, 0.2) is 24.3 Å². The maximum Gasteiger partial charge on any atom is 0.255 e. The molecule has 0 amide bonds. The summed E-state index contributed by atoms with van der Waals surface area (Å²) in [5.41, 5.74) is 4.44. The van der Waals surface area contributed by atoms with Crippen LogP contribution in [0.4, 0.5) is 0 Å². The number of fused-ring (bicyclic) bond motifs is 2. The molecular weight excluding hydrogens is 355 g/mol. The van der Waals surface area contributed by atoms with Gasteiger partial charge < -0.3 is 0 Å². The lowest BCUT2D eigenvalue weighted by Crippen LogP contribution is -3.40. The minimum Gasteiger partial charge on any atom is -0.0590 e. The predicted molar refractivity (Wildman–Crippen MR) is 78.6 cm³/mol. The van der Waals surface area contributed by atoms with Gasteiger partial charge in [-0.3, -0.25) is 0 Å². The molecule has 3 bridgehead atoms. The van der Waals surface area contributed by atoms with Crippen molar-refractivity contribution in [2.24, 2.45) is 23.2 Å². The van der Waals surface area contributed by atoms with Crippen molar-refractivity contribution in [2.75, 3.05) is 0 Å². The van der Waals surface area contributed by atoms with E-state index in [1.165, 1.54) is 31.2 Å². The van der Waals surface area contributed by atoms with Gasteiger partial charge in [0.1, 0.15) is 0 Å². The molecule has 4 saturated carbocycles. The molecule has 0 N–H and O–H groups in total. The zero-order chi connectivity index (χ0) is 13.5. The second-order valence-corrected chi connectivity index (χ2v) is 10.1. The average molecular weight is 379 g/mol. The molecule has 1 aromatic rings. The van der Waals surface area contributed by atoms with Gasteiger partial charge in [0.25, 0.3) is 22.6 Å². The molecule has 0 radical (unpaired) electrons. The van der Waals surface area contributed by atoms with Gasteiger partial charge >= 0.3 is 0 Å². The van der Waals surface area contributed by atoms with E-state index in [1.54, 1.807) is 18.4 Å². The number of hydrogen-bond acceptors (Lipinski definition) is 0. The molecule has 106 valence electrons. The van der Waals surface area contributed by atoms with Gasteiger partial charge in [-0.2, -0.15) is 0 Å². The van der Waals surface area contributed by atoms with E-state index in [4.69, 9.17) is 0 Å². The largest absolute Gasteiger partial charge is 0.255 e. The Bertz CT molecular complexity index is 562. The van der Waals surface area contributed by atoms with Crippen molar-refractivity contribution in [3.8, 4) is 0 Å². The van der Waals surface area contributed by atoms with Crippen LogP contribution in [0.1, 0.15) is 49.7 Å². The lowest BCUT2D eigenvalue weighted by atomic mass is 9.45. The second-order valence-electron chi connectivity index (χ2n) is 8.35. The van der Waals surface area contributed by atoms with Crippen molar-refractivity contribution < 1.29 is 22.6 Å². The first-order valence-corrected chi connectivity index (χ1v) is 9.69. The number of hydrogen-bond donors (Lipinski definition) is 0. The van der Waals surface area contributed by atoms with Crippen molar-refractivity contribution in [2.45, 2.75) is 54.8 Å². The molecule has 4 fully saturated rings. The van der Waals surface area contributed by atoms with Crippen LogP contribution < -0.4 is 22.6 Å². The highest BCUT2D eigenvalue weighted by molar-refractivity contribution is 5.35. The third-order valence-electron chi connectivity index (χ3n) is 7.42. The molecule has 20 heavy (non-hydrogen) atoms. The molecule has 0 nitrogen and oxygen atoms in total. The van der Waals surface area contributed by atoms with Gasteiger partial charge in [-0.15, -0.1) is 0 Å². The molecule has 1 aromatic carbocycles. The van der Waals surface area contributed by atoms with Crippen molar-refractivity contribution in [3.05, 3.63) is 35.4 Å². The quantitative estimate of drug-likeness (QED) is 0.507. The minimum absolute atomic E-state index is 0.567. The summed E-state index contributed by atoms with van der Waals surface area (Å²) in [5, 5.41) is 0. The van der Waals surface area contributed by atoms with Crippen molar-refractivity contribution in [3.63, 3.8) is 0 Å². The molecule has 6 atom stereocenters. The molecule has 1 spiro atoms. The molecule has 0 saturated heterocycles. The van der Waals surface area contributed by atoms with Crippen molar-refractivity contribution >= 4 is 0 Å². The molecule has 1 heteroatoms. The summed E-state index contributed by atoms with van der Waals surface area (Å²) in [7, 11) is 0. The fourth-order valence-corrected chi connectivity index (χ4v) is 8.66. The normalized spacial score (nSPS) is 51.7. The standard InChI is InChI=1S/C19H24I/c1-12-2-4-14(5-3-12)18-8-13-6-17(20)16-7-15(10-18)19(16,9-13)11-18/h2-5,13,15-17,20H,6-11H2,1H3/q+1. The van der Waals surface area contributed by atoms with E-state index in [9.17, 15) is 0 Å². The smallest absolute Gasteiger partial charge is 0.0590 e. The number of aryl methyl sites for hydroxylation is 1. The topological polar surface area (TPSA) is 0 Å². The summed E-state index contributed by atoms with van der Waals surface area (Å²) in [6, 6.07) is 9.59. The lowest BCUT2D eigenvalue weighted by Gasteiger charge is -2.59. The van der Waals surface area contributed by atoms with Crippen LogP contribution in [0.25, 0.3) is 0 Å². The molecule has 4 aliphatic carbocycles. The van der Waals surface area contributed by atoms with Gasteiger partial charge in [0, 0.05) is 5.92 Å². The Morgan fingerprint density at radius 3 is 2.65 bits per heavy atom. The van der Waals surface area contributed by atoms with Crippen molar-refractivity contribution in [1.82, 2.24) is 0 Å². The predicted octanol–water partition coefficient (Wildman–Crippen LogP) is 1.12. The highest BCUT2D eigenvalue weighted by Crippen LogP contribution is 2.76. The Labute approximate surface area is 135 Å². The monoisotopic (exact) mass is 379 g/mol. The zero-order valence-corrected chi connectivity index (χ0v) is 14.6. The fourth-order valence-electron chi connectivity index (χ4n) is 6.79. The molecule has 4 aliphatic rings. The van der Waals surface area contributed by atoms with Gasteiger partial charge in [0.2, 0.25) is 0 Å². The Morgan fingerprint density at radius 2 is 1.85 bits per heavy atom. The molecule has 6 unspecified atom stereocenters. The second kappa shape index (κ2) is 3.83. The SMILES string of the molecule is Cc1ccc(C23CC4CC([IH+])C5CC(C2)C5(C4)C3)cc1. The summed E-state index contributed by atoms with van der Waals surface area (Å²) in [4.78, 5) is 0. The van der Waals surface area contributed by atoms with Gasteiger partial charge in [-0.05, 0) is 73.7 Å². The first-order chi connectivity index (χ1) is 9.61.